The van der Waals surface area contributed by atoms with E-state index in [-0.39, 0.29) is 16.5 Å². The highest BCUT2D eigenvalue weighted by Crippen LogP contribution is 2.22. The molecule has 0 saturated heterocycles. The zero-order chi connectivity index (χ0) is 9.26. The standard InChI is InChI=1S/C8H4BrFN2O/c9-8-12-11-7(13-8)5-3-1-2-4-6(5)10/h1-4H. The van der Waals surface area contributed by atoms with Crippen molar-refractivity contribution in [2.24, 2.45) is 0 Å². The number of hydrogen-bond acceptors (Lipinski definition) is 3. The van der Waals surface area contributed by atoms with E-state index in [9.17, 15) is 4.39 Å². The van der Waals surface area contributed by atoms with Gasteiger partial charge in [0.15, 0.2) is 0 Å². The number of benzene rings is 1. The molecule has 2 aromatic rings. The molecule has 1 heterocycles. The first-order valence-electron chi connectivity index (χ1n) is 3.51. The van der Waals surface area contributed by atoms with Crippen LogP contribution in [-0.4, -0.2) is 10.2 Å². The van der Waals surface area contributed by atoms with Gasteiger partial charge in [-0.25, -0.2) is 4.39 Å². The van der Waals surface area contributed by atoms with Gasteiger partial charge in [-0.05, 0) is 12.1 Å². The van der Waals surface area contributed by atoms with Crippen LogP contribution in [-0.2, 0) is 0 Å². The van der Waals surface area contributed by atoms with Gasteiger partial charge in [-0.3, -0.25) is 0 Å². The van der Waals surface area contributed by atoms with Crippen molar-refractivity contribution in [2.45, 2.75) is 0 Å². The first-order chi connectivity index (χ1) is 6.27. The second-order valence-corrected chi connectivity index (χ2v) is 3.02. The van der Waals surface area contributed by atoms with Crippen LogP contribution in [0.5, 0.6) is 0 Å². The van der Waals surface area contributed by atoms with E-state index < -0.39 is 0 Å². The van der Waals surface area contributed by atoms with Crippen molar-refractivity contribution in [1.82, 2.24) is 10.2 Å². The second kappa shape index (κ2) is 3.26. The van der Waals surface area contributed by atoms with Crippen LogP contribution >= 0.6 is 15.9 Å². The third-order valence-corrected chi connectivity index (χ3v) is 1.83. The summed E-state index contributed by atoms with van der Waals surface area (Å²) < 4.78 is 18.1. The second-order valence-electron chi connectivity index (χ2n) is 2.34. The molecule has 0 bridgehead atoms. The lowest BCUT2D eigenvalue weighted by Gasteiger charge is -1.94. The van der Waals surface area contributed by atoms with Gasteiger partial charge >= 0.3 is 0 Å². The Hall–Kier alpha value is -1.23. The van der Waals surface area contributed by atoms with E-state index >= 15 is 0 Å². The van der Waals surface area contributed by atoms with Crippen molar-refractivity contribution >= 4 is 15.9 Å². The Morgan fingerprint density at radius 3 is 2.62 bits per heavy atom. The van der Waals surface area contributed by atoms with Gasteiger partial charge in [-0.2, -0.15) is 0 Å². The molecular formula is C8H4BrFN2O. The average Bonchev–Trinajstić information content (AvgIpc) is 2.53. The monoisotopic (exact) mass is 242 g/mol. The fourth-order valence-corrected chi connectivity index (χ4v) is 1.18. The van der Waals surface area contributed by atoms with Crippen LogP contribution in [0.4, 0.5) is 4.39 Å². The minimum atomic E-state index is -0.376. The van der Waals surface area contributed by atoms with Crippen LogP contribution in [0.25, 0.3) is 11.5 Å². The molecule has 0 fully saturated rings. The molecule has 0 N–H and O–H groups in total. The molecule has 2 rings (SSSR count). The Bertz CT molecular complexity index is 430. The molecule has 66 valence electrons. The lowest BCUT2D eigenvalue weighted by Crippen LogP contribution is -1.82. The predicted molar refractivity (Wildman–Crippen MR) is 47.4 cm³/mol. The van der Waals surface area contributed by atoms with Crippen LogP contribution in [0.15, 0.2) is 33.5 Å². The Morgan fingerprint density at radius 2 is 2.00 bits per heavy atom. The quantitative estimate of drug-likeness (QED) is 0.772. The molecule has 1 aromatic carbocycles. The number of halogens is 2. The van der Waals surface area contributed by atoms with Gasteiger partial charge in [-0.1, -0.05) is 12.1 Å². The zero-order valence-electron chi connectivity index (χ0n) is 6.37. The van der Waals surface area contributed by atoms with Crippen LogP contribution in [0.2, 0.25) is 0 Å². The summed E-state index contributed by atoms with van der Waals surface area (Å²) in [5, 5.41) is 7.21. The van der Waals surface area contributed by atoms with E-state index in [4.69, 9.17) is 4.42 Å². The first-order valence-corrected chi connectivity index (χ1v) is 4.30. The topological polar surface area (TPSA) is 38.9 Å². The molecule has 0 atom stereocenters. The van der Waals surface area contributed by atoms with Crippen molar-refractivity contribution in [1.29, 1.82) is 0 Å². The Kier molecular flexibility index (Phi) is 2.10. The van der Waals surface area contributed by atoms with E-state index in [0.717, 1.165) is 0 Å². The molecule has 0 aliphatic rings. The predicted octanol–water partition coefficient (Wildman–Crippen LogP) is 2.64. The lowest BCUT2D eigenvalue weighted by molar-refractivity contribution is 0.533. The third-order valence-electron chi connectivity index (χ3n) is 1.50. The first kappa shape index (κ1) is 8.37. The summed E-state index contributed by atoms with van der Waals surface area (Å²) in [4.78, 5) is 0.241. The fourth-order valence-electron chi connectivity index (χ4n) is 0.949. The molecule has 0 saturated carbocycles. The summed E-state index contributed by atoms with van der Waals surface area (Å²) in [6.07, 6.45) is 0. The summed E-state index contributed by atoms with van der Waals surface area (Å²) in [6.45, 7) is 0. The van der Waals surface area contributed by atoms with Crippen molar-refractivity contribution in [3.05, 3.63) is 34.9 Å². The van der Waals surface area contributed by atoms with E-state index in [1.807, 2.05) is 0 Å². The van der Waals surface area contributed by atoms with Crippen molar-refractivity contribution in [3.8, 4) is 11.5 Å². The molecule has 0 aliphatic carbocycles. The number of nitrogens with zero attached hydrogens (tertiary/aromatic N) is 2. The van der Waals surface area contributed by atoms with Gasteiger partial charge in [-0.15, -0.1) is 10.2 Å². The van der Waals surface area contributed by atoms with Gasteiger partial charge in [0.1, 0.15) is 5.82 Å². The number of aromatic nitrogens is 2. The molecule has 3 nitrogen and oxygen atoms in total. The van der Waals surface area contributed by atoms with E-state index in [0.29, 0.717) is 5.56 Å². The van der Waals surface area contributed by atoms with E-state index in [2.05, 4.69) is 26.1 Å². The summed E-state index contributed by atoms with van der Waals surface area (Å²) in [5.74, 6) is -0.205. The maximum Gasteiger partial charge on any atom is 0.285 e. The van der Waals surface area contributed by atoms with Crippen molar-refractivity contribution in [3.63, 3.8) is 0 Å². The largest absolute Gasteiger partial charge is 0.411 e. The van der Waals surface area contributed by atoms with Crippen molar-refractivity contribution in [2.75, 3.05) is 0 Å². The summed E-state index contributed by atoms with van der Waals surface area (Å²) >= 11 is 2.99. The van der Waals surface area contributed by atoms with Gasteiger partial charge in [0.2, 0.25) is 0 Å². The fraction of sp³-hybridized carbons (Fsp3) is 0. The normalized spacial score (nSPS) is 10.3. The molecule has 0 spiro atoms. The maximum atomic E-state index is 13.1. The highest BCUT2D eigenvalue weighted by atomic mass is 79.9. The maximum absolute atomic E-state index is 13.1. The van der Waals surface area contributed by atoms with Crippen LogP contribution in [0.1, 0.15) is 0 Å². The van der Waals surface area contributed by atoms with Crippen molar-refractivity contribution < 1.29 is 8.81 Å². The minimum absolute atomic E-state index is 0.171. The number of hydrogen-bond donors (Lipinski definition) is 0. The van der Waals surface area contributed by atoms with Crippen LogP contribution in [0, 0.1) is 5.82 Å². The molecule has 0 amide bonds. The molecule has 0 radical (unpaired) electrons. The SMILES string of the molecule is Fc1ccccc1-c1nnc(Br)o1. The molecule has 0 aliphatic heterocycles. The van der Waals surface area contributed by atoms with Crippen LogP contribution in [0.3, 0.4) is 0 Å². The highest BCUT2D eigenvalue weighted by molar-refractivity contribution is 9.10. The molecule has 0 unspecified atom stereocenters. The molecule has 5 heteroatoms. The number of rotatable bonds is 1. The molecular weight excluding hydrogens is 239 g/mol. The molecule has 1 aromatic heterocycles. The van der Waals surface area contributed by atoms with E-state index in [1.165, 1.54) is 6.07 Å². The van der Waals surface area contributed by atoms with Gasteiger partial charge in [0.05, 0.1) is 5.56 Å². The lowest BCUT2D eigenvalue weighted by atomic mass is 10.2. The summed E-state index contributed by atoms with van der Waals surface area (Å²) in [5.41, 5.74) is 0.306. The smallest absolute Gasteiger partial charge is 0.285 e. The van der Waals surface area contributed by atoms with Crippen LogP contribution < -0.4 is 0 Å². The van der Waals surface area contributed by atoms with E-state index in [1.54, 1.807) is 18.2 Å². The summed E-state index contributed by atoms with van der Waals surface area (Å²) in [6, 6.07) is 6.23. The Balaban J connectivity index is 2.52. The zero-order valence-corrected chi connectivity index (χ0v) is 7.95. The average molecular weight is 243 g/mol. The Labute approximate surface area is 81.7 Å². The summed E-state index contributed by atoms with van der Waals surface area (Å²) in [7, 11) is 0. The van der Waals surface area contributed by atoms with Gasteiger partial charge in [0, 0.05) is 15.9 Å². The minimum Gasteiger partial charge on any atom is -0.411 e. The molecule has 13 heavy (non-hydrogen) atoms. The van der Waals surface area contributed by atoms with Gasteiger partial charge in [0.25, 0.3) is 10.7 Å². The van der Waals surface area contributed by atoms with Gasteiger partial charge < -0.3 is 4.42 Å². The third kappa shape index (κ3) is 1.60. The highest BCUT2D eigenvalue weighted by Gasteiger charge is 2.10. The Morgan fingerprint density at radius 1 is 1.23 bits per heavy atom.